The summed E-state index contributed by atoms with van der Waals surface area (Å²) in [5.74, 6) is 0.138. The number of nitrogens with zero attached hydrogens (tertiary/aromatic N) is 4. The Bertz CT molecular complexity index is 780. The second-order valence-electron chi connectivity index (χ2n) is 6.85. The van der Waals surface area contributed by atoms with Gasteiger partial charge in [0.2, 0.25) is 5.91 Å². The van der Waals surface area contributed by atoms with Crippen molar-refractivity contribution in [3.63, 3.8) is 0 Å². The van der Waals surface area contributed by atoms with Crippen LogP contribution in [-0.4, -0.2) is 54.2 Å². The SMILES string of the molecule is COCCCNC(=O)C1CCCN(c2cnc3nc(C)c(C)nc3c2)C1. The van der Waals surface area contributed by atoms with Crippen molar-refractivity contribution in [1.82, 2.24) is 20.3 Å². The lowest BCUT2D eigenvalue weighted by Gasteiger charge is -2.33. The summed E-state index contributed by atoms with van der Waals surface area (Å²) in [6, 6.07) is 2.03. The summed E-state index contributed by atoms with van der Waals surface area (Å²) in [7, 11) is 1.67. The zero-order valence-electron chi connectivity index (χ0n) is 15.8. The van der Waals surface area contributed by atoms with Crippen LogP contribution in [0.3, 0.4) is 0 Å². The van der Waals surface area contributed by atoms with Crippen LogP contribution in [-0.2, 0) is 9.53 Å². The van der Waals surface area contributed by atoms with E-state index in [0.29, 0.717) is 25.3 Å². The number of carbonyl (C=O) groups excluding carboxylic acids is 1. The third-order valence-electron chi connectivity index (χ3n) is 4.90. The van der Waals surface area contributed by atoms with E-state index in [4.69, 9.17) is 4.74 Å². The molecule has 3 rings (SSSR count). The van der Waals surface area contributed by atoms with Gasteiger partial charge in [0.05, 0.1) is 29.2 Å². The average molecular weight is 357 g/mol. The number of ether oxygens (including phenoxy) is 1. The van der Waals surface area contributed by atoms with Crippen molar-refractivity contribution in [2.75, 3.05) is 38.3 Å². The van der Waals surface area contributed by atoms with E-state index in [9.17, 15) is 4.79 Å². The van der Waals surface area contributed by atoms with Gasteiger partial charge in [0, 0.05) is 33.4 Å². The molecule has 7 heteroatoms. The quantitative estimate of drug-likeness (QED) is 0.797. The third-order valence-corrected chi connectivity index (χ3v) is 4.90. The highest BCUT2D eigenvalue weighted by molar-refractivity contribution is 5.80. The minimum absolute atomic E-state index is 0.00725. The fraction of sp³-hybridized carbons (Fsp3) is 0.579. The number of hydrogen-bond donors (Lipinski definition) is 1. The lowest BCUT2D eigenvalue weighted by atomic mass is 9.96. The number of hydrogen-bond acceptors (Lipinski definition) is 6. The Labute approximate surface area is 154 Å². The Morgan fingerprint density at radius 2 is 2.15 bits per heavy atom. The molecule has 1 aliphatic rings. The Morgan fingerprint density at radius 3 is 2.96 bits per heavy atom. The monoisotopic (exact) mass is 357 g/mol. The summed E-state index contributed by atoms with van der Waals surface area (Å²) in [6.45, 7) is 6.87. The maximum absolute atomic E-state index is 12.4. The molecular weight excluding hydrogens is 330 g/mol. The predicted molar refractivity (Wildman–Crippen MR) is 101 cm³/mol. The van der Waals surface area contributed by atoms with Crippen molar-refractivity contribution >= 4 is 22.8 Å². The van der Waals surface area contributed by atoms with Crippen LogP contribution in [0.4, 0.5) is 5.69 Å². The number of carbonyl (C=O) groups is 1. The number of aromatic nitrogens is 3. The van der Waals surface area contributed by atoms with Gasteiger partial charge in [-0.2, -0.15) is 0 Å². The molecule has 3 heterocycles. The highest BCUT2D eigenvalue weighted by atomic mass is 16.5. The van der Waals surface area contributed by atoms with Gasteiger partial charge in [-0.25, -0.2) is 15.0 Å². The number of fused-ring (bicyclic) bond motifs is 1. The van der Waals surface area contributed by atoms with Crippen LogP contribution in [0.1, 0.15) is 30.7 Å². The molecule has 26 heavy (non-hydrogen) atoms. The van der Waals surface area contributed by atoms with Crippen LogP contribution >= 0.6 is 0 Å². The Hall–Kier alpha value is -2.28. The van der Waals surface area contributed by atoms with Gasteiger partial charge in [-0.05, 0) is 39.2 Å². The molecule has 0 aliphatic carbocycles. The molecule has 1 atom stereocenters. The van der Waals surface area contributed by atoms with Gasteiger partial charge in [-0.15, -0.1) is 0 Å². The van der Waals surface area contributed by atoms with Crippen molar-refractivity contribution in [1.29, 1.82) is 0 Å². The highest BCUT2D eigenvalue weighted by Crippen LogP contribution is 2.25. The van der Waals surface area contributed by atoms with Crippen LogP contribution < -0.4 is 10.2 Å². The molecule has 2 aromatic rings. The lowest BCUT2D eigenvalue weighted by molar-refractivity contribution is -0.125. The van der Waals surface area contributed by atoms with Gasteiger partial charge in [0.1, 0.15) is 5.52 Å². The standard InChI is InChI=1S/C19H27N5O2/c1-13-14(2)23-18-17(22-13)10-16(11-21-18)24-8-4-6-15(12-24)19(25)20-7-5-9-26-3/h10-11,15H,4-9,12H2,1-3H3,(H,20,25). The molecule has 1 saturated heterocycles. The molecular formula is C19H27N5O2. The average Bonchev–Trinajstić information content (AvgIpc) is 2.66. The van der Waals surface area contributed by atoms with Gasteiger partial charge in [0.15, 0.2) is 5.65 Å². The Kier molecular flexibility index (Phi) is 5.98. The fourth-order valence-corrected chi connectivity index (χ4v) is 3.28. The molecule has 0 spiro atoms. The first kappa shape index (κ1) is 18.5. The smallest absolute Gasteiger partial charge is 0.224 e. The number of piperidine rings is 1. The van der Waals surface area contributed by atoms with E-state index in [2.05, 4.69) is 25.2 Å². The van der Waals surface area contributed by atoms with E-state index in [1.54, 1.807) is 7.11 Å². The summed E-state index contributed by atoms with van der Waals surface area (Å²) in [4.78, 5) is 28.2. The van der Waals surface area contributed by atoms with Gasteiger partial charge < -0.3 is 15.0 Å². The van der Waals surface area contributed by atoms with Gasteiger partial charge in [-0.3, -0.25) is 4.79 Å². The van der Waals surface area contributed by atoms with Crippen LogP contribution in [0, 0.1) is 19.8 Å². The molecule has 0 radical (unpaired) electrons. The van der Waals surface area contributed by atoms with E-state index < -0.39 is 0 Å². The fourth-order valence-electron chi connectivity index (χ4n) is 3.28. The number of nitrogens with one attached hydrogen (secondary N) is 1. The summed E-state index contributed by atoms with van der Waals surface area (Å²) >= 11 is 0. The van der Waals surface area contributed by atoms with E-state index in [1.165, 1.54) is 0 Å². The number of methoxy groups -OCH3 is 1. The zero-order valence-corrected chi connectivity index (χ0v) is 15.8. The van der Waals surface area contributed by atoms with E-state index in [0.717, 1.165) is 48.4 Å². The van der Waals surface area contributed by atoms with Crippen molar-refractivity contribution in [3.8, 4) is 0 Å². The number of aryl methyl sites for hydroxylation is 2. The molecule has 140 valence electrons. The van der Waals surface area contributed by atoms with Gasteiger partial charge in [-0.1, -0.05) is 0 Å². The molecule has 1 N–H and O–H groups in total. The number of rotatable bonds is 6. The largest absolute Gasteiger partial charge is 0.385 e. The minimum atomic E-state index is 0.00725. The number of pyridine rings is 1. The van der Waals surface area contributed by atoms with Crippen LogP contribution in [0.5, 0.6) is 0 Å². The Balaban J connectivity index is 1.68. The van der Waals surface area contributed by atoms with Crippen molar-refractivity contribution in [3.05, 3.63) is 23.7 Å². The number of amides is 1. The first-order chi connectivity index (χ1) is 12.6. The van der Waals surface area contributed by atoms with E-state index in [-0.39, 0.29) is 11.8 Å². The second-order valence-corrected chi connectivity index (χ2v) is 6.85. The minimum Gasteiger partial charge on any atom is -0.385 e. The highest BCUT2D eigenvalue weighted by Gasteiger charge is 2.26. The third kappa shape index (κ3) is 4.27. The lowest BCUT2D eigenvalue weighted by Crippen LogP contribution is -2.43. The van der Waals surface area contributed by atoms with Crippen molar-refractivity contribution in [2.24, 2.45) is 5.92 Å². The molecule has 1 amide bonds. The molecule has 0 bridgehead atoms. The molecule has 0 aromatic carbocycles. The summed E-state index contributed by atoms with van der Waals surface area (Å²) in [5, 5.41) is 3.02. The first-order valence-electron chi connectivity index (χ1n) is 9.21. The van der Waals surface area contributed by atoms with E-state index >= 15 is 0 Å². The second kappa shape index (κ2) is 8.40. The van der Waals surface area contributed by atoms with Gasteiger partial charge in [0.25, 0.3) is 0 Å². The maximum atomic E-state index is 12.4. The first-order valence-corrected chi connectivity index (χ1v) is 9.21. The normalized spacial score (nSPS) is 17.5. The zero-order chi connectivity index (χ0) is 18.5. The summed E-state index contributed by atoms with van der Waals surface area (Å²) < 4.78 is 5.02. The van der Waals surface area contributed by atoms with Gasteiger partial charge >= 0.3 is 0 Å². The summed E-state index contributed by atoms with van der Waals surface area (Å²) in [6.07, 6.45) is 4.59. The predicted octanol–water partition coefficient (Wildman–Crippen LogP) is 2.01. The van der Waals surface area contributed by atoms with Crippen LogP contribution in [0.15, 0.2) is 12.3 Å². The van der Waals surface area contributed by atoms with Crippen molar-refractivity contribution in [2.45, 2.75) is 33.1 Å². The van der Waals surface area contributed by atoms with Crippen LogP contribution in [0.2, 0.25) is 0 Å². The number of anilines is 1. The molecule has 7 nitrogen and oxygen atoms in total. The summed E-state index contributed by atoms with van der Waals surface area (Å²) in [5.41, 5.74) is 4.30. The maximum Gasteiger partial charge on any atom is 0.224 e. The Morgan fingerprint density at radius 1 is 1.35 bits per heavy atom. The van der Waals surface area contributed by atoms with Crippen LogP contribution in [0.25, 0.3) is 11.2 Å². The molecule has 1 unspecified atom stereocenters. The topological polar surface area (TPSA) is 80.2 Å². The molecule has 1 aliphatic heterocycles. The van der Waals surface area contributed by atoms with Crippen molar-refractivity contribution < 1.29 is 9.53 Å². The molecule has 2 aromatic heterocycles. The molecule has 1 fully saturated rings. The molecule has 0 saturated carbocycles. The van der Waals surface area contributed by atoms with E-state index in [1.807, 2.05) is 26.1 Å².